The minimum atomic E-state index is 0.501. The summed E-state index contributed by atoms with van der Waals surface area (Å²) in [5.74, 6) is 1.82. The van der Waals surface area contributed by atoms with Crippen LogP contribution in [0, 0.1) is 17.3 Å². The van der Waals surface area contributed by atoms with E-state index in [-0.39, 0.29) is 0 Å². The van der Waals surface area contributed by atoms with Crippen LogP contribution in [0.1, 0.15) is 86.5 Å². The average molecular weight is 226 g/mol. The topological polar surface area (TPSA) is 0 Å². The SMILES string of the molecule is CCCCCCC(C)CC(C)CC(C)(C)C. The maximum absolute atomic E-state index is 2.44. The number of rotatable bonds is 8. The molecule has 0 N–H and O–H groups in total. The van der Waals surface area contributed by atoms with Crippen LogP contribution >= 0.6 is 0 Å². The van der Waals surface area contributed by atoms with Crippen molar-refractivity contribution < 1.29 is 0 Å². The minimum absolute atomic E-state index is 0.501. The van der Waals surface area contributed by atoms with Gasteiger partial charge in [-0.3, -0.25) is 0 Å². The Morgan fingerprint density at radius 3 is 2.00 bits per heavy atom. The molecule has 0 spiro atoms. The lowest BCUT2D eigenvalue weighted by molar-refractivity contribution is 0.267. The van der Waals surface area contributed by atoms with Gasteiger partial charge < -0.3 is 0 Å². The second-order valence-corrected chi connectivity index (χ2v) is 7.06. The Labute approximate surface area is 104 Å². The predicted molar refractivity (Wildman–Crippen MR) is 75.8 cm³/mol. The summed E-state index contributed by atoms with van der Waals surface area (Å²) in [6, 6.07) is 0. The van der Waals surface area contributed by atoms with Gasteiger partial charge in [-0.2, -0.15) is 0 Å². The number of hydrogen-bond acceptors (Lipinski definition) is 0. The molecule has 0 aliphatic carbocycles. The molecule has 0 radical (unpaired) electrons. The van der Waals surface area contributed by atoms with E-state index in [0.717, 1.165) is 11.8 Å². The second kappa shape index (κ2) is 8.14. The lowest BCUT2D eigenvalue weighted by atomic mass is 9.81. The van der Waals surface area contributed by atoms with Gasteiger partial charge in [0, 0.05) is 0 Å². The summed E-state index contributed by atoms with van der Waals surface area (Å²) in [4.78, 5) is 0. The van der Waals surface area contributed by atoms with Crippen molar-refractivity contribution in [1.82, 2.24) is 0 Å². The van der Waals surface area contributed by atoms with Gasteiger partial charge in [-0.15, -0.1) is 0 Å². The zero-order chi connectivity index (χ0) is 12.6. The molecule has 0 aromatic carbocycles. The number of hydrogen-bond donors (Lipinski definition) is 0. The highest BCUT2D eigenvalue weighted by molar-refractivity contribution is 4.68. The van der Waals surface area contributed by atoms with Crippen LogP contribution < -0.4 is 0 Å². The molecule has 0 aromatic heterocycles. The third kappa shape index (κ3) is 10.5. The van der Waals surface area contributed by atoms with Gasteiger partial charge in [0.25, 0.3) is 0 Å². The van der Waals surface area contributed by atoms with Gasteiger partial charge in [0.1, 0.15) is 0 Å². The first kappa shape index (κ1) is 16.0. The molecule has 0 aliphatic rings. The van der Waals surface area contributed by atoms with Gasteiger partial charge in [-0.25, -0.2) is 0 Å². The Morgan fingerprint density at radius 2 is 1.50 bits per heavy atom. The molecule has 0 heterocycles. The van der Waals surface area contributed by atoms with E-state index in [1.807, 2.05) is 0 Å². The van der Waals surface area contributed by atoms with E-state index >= 15 is 0 Å². The maximum atomic E-state index is 2.44. The largest absolute Gasteiger partial charge is 0.0654 e. The highest BCUT2D eigenvalue weighted by Crippen LogP contribution is 2.29. The van der Waals surface area contributed by atoms with Crippen LogP contribution in [0.25, 0.3) is 0 Å². The van der Waals surface area contributed by atoms with Crippen LogP contribution in [0.15, 0.2) is 0 Å². The van der Waals surface area contributed by atoms with Crippen LogP contribution in [0.3, 0.4) is 0 Å². The Hall–Kier alpha value is 0. The van der Waals surface area contributed by atoms with E-state index in [1.165, 1.54) is 44.9 Å². The molecule has 2 atom stereocenters. The maximum Gasteiger partial charge on any atom is -0.0380 e. The predicted octanol–water partition coefficient (Wildman–Crippen LogP) is 6.06. The van der Waals surface area contributed by atoms with Gasteiger partial charge in [-0.1, -0.05) is 73.6 Å². The van der Waals surface area contributed by atoms with Crippen molar-refractivity contribution in [3.63, 3.8) is 0 Å². The molecule has 16 heavy (non-hydrogen) atoms. The van der Waals surface area contributed by atoms with Crippen LogP contribution in [0.4, 0.5) is 0 Å². The highest BCUT2D eigenvalue weighted by Gasteiger charge is 2.16. The van der Waals surface area contributed by atoms with Crippen molar-refractivity contribution in [2.45, 2.75) is 86.5 Å². The third-order valence-electron chi connectivity index (χ3n) is 3.32. The summed E-state index contributed by atoms with van der Waals surface area (Å²) in [5, 5.41) is 0. The highest BCUT2D eigenvalue weighted by atomic mass is 14.2. The molecular weight excluding hydrogens is 192 g/mol. The Bertz CT molecular complexity index is 152. The summed E-state index contributed by atoms with van der Waals surface area (Å²) >= 11 is 0. The molecule has 0 fully saturated rings. The van der Waals surface area contributed by atoms with Crippen molar-refractivity contribution in [3.8, 4) is 0 Å². The van der Waals surface area contributed by atoms with E-state index in [2.05, 4.69) is 41.5 Å². The van der Waals surface area contributed by atoms with Gasteiger partial charge in [0.15, 0.2) is 0 Å². The van der Waals surface area contributed by atoms with E-state index in [4.69, 9.17) is 0 Å². The lowest BCUT2D eigenvalue weighted by Gasteiger charge is -2.25. The van der Waals surface area contributed by atoms with Gasteiger partial charge >= 0.3 is 0 Å². The summed E-state index contributed by atoms with van der Waals surface area (Å²) in [7, 11) is 0. The molecule has 0 saturated heterocycles. The Balaban J connectivity index is 3.58. The summed E-state index contributed by atoms with van der Waals surface area (Å²) in [6.07, 6.45) is 9.88. The third-order valence-corrected chi connectivity index (χ3v) is 3.32. The molecule has 0 amide bonds. The molecule has 0 aliphatic heterocycles. The van der Waals surface area contributed by atoms with Gasteiger partial charge in [0.05, 0.1) is 0 Å². The molecule has 0 nitrogen and oxygen atoms in total. The van der Waals surface area contributed by atoms with E-state index in [0.29, 0.717) is 5.41 Å². The molecule has 98 valence electrons. The molecule has 0 bridgehead atoms. The summed E-state index contributed by atoms with van der Waals surface area (Å²) in [5.41, 5.74) is 0.501. The fourth-order valence-corrected chi connectivity index (χ4v) is 2.85. The van der Waals surface area contributed by atoms with Crippen molar-refractivity contribution in [1.29, 1.82) is 0 Å². The van der Waals surface area contributed by atoms with Crippen LogP contribution in [-0.4, -0.2) is 0 Å². The monoisotopic (exact) mass is 226 g/mol. The first-order chi connectivity index (χ1) is 7.35. The Morgan fingerprint density at radius 1 is 0.875 bits per heavy atom. The fourth-order valence-electron chi connectivity index (χ4n) is 2.85. The zero-order valence-electron chi connectivity index (χ0n) is 12.6. The normalized spacial score (nSPS) is 16.1. The molecular formula is C16H34. The van der Waals surface area contributed by atoms with Crippen LogP contribution in [-0.2, 0) is 0 Å². The molecule has 0 saturated carbocycles. The zero-order valence-corrected chi connectivity index (χ0v) is 12.6. The first-order valence-electron chi connectivity index (χ1n) is 7.35. The number of unbranched alkanes of at least 4 members (excludes halogenated alkanes) is 3. The Kier molecular flexibility index (Phi) is 8.14. The molecule has 0 aromatic rings. The second-order valence-electron chi connectivity index (χ2n) is 7.06. The summed E-state index contributed by atoms with van der Waals surface area (Å²) in [6.45, 7) is 14.2. The van der Waals surface area contributed by atoms with Crippen LogP contribution in [0.2, 0.25) is 0 Å². The van der Waals surface area contributed by atoms with E-state index in [1.54, 1.807) is 0 Å². The van der Waals surface area contributed by atoms with E-state index < -0.39 is 0 Å². The van der Waals surface area contributed by atoms with Crippen molar-refractivity contribution >= 4 is 0 Å². The molecule has 2 unspecified atom stereocenters. The fraction of sp³-hybridized carbons (Fsp3) is 1.00. The van der Waals surface area contributed by atoms with Crippen molar-refractivity contribution in [3.05, 3.63) is 0 Å². The molecule has 0 heteroatoms. The van der Waals surface area contributed by atoms with Gasteiger partial charge in [-0.05, 0) is 30.1 Å². The smallest absolute Gasteiger partial charge is 0.0380 e. The lowest BCUT2D eigenvalue weighted by Crippen LogP contribution is -2.13. The minimum Gasteiger partial charge on any atom is -0.0654 e. The van der Waals surface area contributed by atoms with Crippen molar-refractivity contribution in [2.24, 2.45) is 17.3 Å². The molecule has 0 rings (SSSR count). The average Bonchev–Trinajstić information content (AvgIpc) is 2.09. The van der Waals surface area contributed by atoms with Gasteiger partial charge in [0.2, 0.25) is 0 Å². The first-order valence-corrected chi connectivity index (χ1v) is 7.35. The summed E-state index contributed by atoms with van der Waals surface area (Å²) < 4.78 is 0. The standard InChI is InChI=1S/C16H34/c1-7-8-9-10-11-14(2)12-15(3)13-16(4,5)6/h14-15H,7-13H2,1-6H3. The van der Waals surface area contributed by atoms with E-state index in [9.17, 15) is 0 Å². The quantitative estimate of drug-likeness (QED) is 0.442. The van der Waals surface area contributed by atoms with Crippen LogP contribution in [0.5, 0.6) is 0 Å². The van der Waals surface area contributed by atoms with Crippen molar-refractivity contribution in [2.75, 3.05) is 0 Å².